The summed E-state index contributed by atoms with van der Waals surface area (Å²) in [5.41, 5.74) is 2.50. The van der Waals surface area contributed by atoms with Crippen molar-refractivity contribution in [2.75, 3.05) is 6.54 Å². The second kappa shape index (κ2) is 6.81. The van der Waals surface area contributed by atoms with Crippen LogP contribution in [0.3, 0.4) is 0 Å². The zero-order valence-electron chi connectivity index (χ0n) is 12.7. The van der Waals surface area contributed by atoms with Crippen molar-refractivity contribution in [1.82, 2.24) is 5.32 Å². The van der Waals surface area contributed by atoms with Gasteiger partial charge in [-0.1, -0.05) is 24.6 Å². The number of benzene rings is 2. The Balaban J connectivity index is 2.41. The van der Waals surface area contributed by atoms with Crippen molar-refractivity contribution in [1.29, 1.82) is 0 Å². The van der Waals surface area contributed by atoms with E-state index in [9.17, 15) is 8.78 Å². The third-order valence-corrected chi connectivity index (χ3v) is 3.60. The third-order valence-electron chi connectivity index (χ3n) is 3.60. The molecule has 0 fully saturated rings. The van der Waals surface area contributed by atoms with E-state index in [-0.39, 0.29) is 6.04 Å². The molecule has 1 atom stereocenters. The van der Waals surface area contributed by atoms with Gasteiger partial charge in [-0.25, -0.2) is 8.78 Å². The predicted molar refractivity (Wildman–Crippen MR) is 83.2 cm³/mol. The molecule has 3 heteroatoms. The quantitative estimate of drug-likeness (QED) is 0.816. The molecular weight excluding hydrogens is 268 g/mol. The molecule has 0 aliphatic heterocycles. The van der Waals surface area contributed by atoms with E-state index < -0.39 is 11.6 Å². The Labute approximate surface area is 125 Å². The van der Waals surface area contributed by atoms with Crippen LogP contribution in [0.5, 0.6) is 0 Å². The lowest BCUT2D eigenvalue weighted by Gasteiger charge is -2.16. The summed E-state index contributed by atoms with van der Waals surface area (Å²) in [6, 6.07) is 9.76. The maximum absolute atomic E-state index is 14.1. The normalized spacial score (nSPS) is 12.4. The maximum Gasteiger partial charge on any atom is 0.131 e. The van der Waals surface area contributed by atoms with Crippen molar-refractivity contribution >= 4 is 0 Å². The van der Waals surface area contributed by atoms with Crippen molar-refractivity contribution in [3.8, 4) is 11.1 Å². The molecule has 2 aromatic carbocycles. The van der Waals surface area contributed by atoms with Gasteiger partial charge in [-0.05, 0) is 56.6 Å². The number of rotatable bonds is 5. The minimum Gasteiger partial charge on any atom is -0.310 e. The van der Waals surface area contributed by atoms with Gasteiger partial charge in [0.1, 0.15) is 11.6 Å². The Bertz CT molecular complexity index is 623. The zero-order valence-corrected chi connectivity index (χ0v) is 12.7. The summed E-state index contributed by atoms with van der Waals surface area (Å²) in [6.07, 6.45) is 1.03. The molecule has 2 aromatic rings. The third kappa shape index (κ3) is 3.67. The lowest BCUT2D eigenvalue weighted by molar-refractivity contribution is 0.567. The molecule has 21 heavy (non-hydrogen) atoms. The highest BCUT2D eigenvalue weighted by atomic mass is 19.1. The van der Waals surface area contributed by atoms with Crippen LogP contribution in [0.4, 0.5) is 8.78 Å². The number of hydrogen-bond acceptors (Lipinski definition) is 1. The van der Waals surface area contributed by atoms with E-state index in [1.54, 1.807) is 24.3 Å². The van der Waals surface area contributed by atoms with Crippen LogP contribution >= 0.6 is 0 Å². The van der Waals surface area contributed by atoms with E-state index in [1.165, 1.54) is 12.1 Å². The zero-order chi connectivity index (χ0) is 15.4. The molecule has 0 spiro atoms. The number of halogens is 2. The van der Waals surface area contributed by atoms with Gasteiger partial charge in [0.05, 0.1) is 0 Å². The number of nitrogens with one attached hydrogen (secondary N) is 1. The lowest BCUT2D eigenvalue weighted by atomic mass is 9.98. The second-order valence-corrected chi connectivity index (χ2v) is 5.40. The van der Waals surface area contributed by atoms with Gasteiger partial charge in [0.25, 0.3) is 0 Å². The average molecular weight is 289 g/mol. The summed E-state index contributed by atoms with van der Waals surface area (Å²) in [6.45, 7) is 6.89. The molecular formula is C18H21F2N. The predicted octanol–water partition coefficient (Wildman–Crippen LogP) is 5.00. The van der Waals surface area contributed by atoms with Gasteiger partial charge >= 0.3 is 0 Å². The fraction of sp³-hybridized carbons (Fsp3) is 0.333. The number of hydrogen-bond donors (Lipinski definition) is 1. The van der Waals surface area contributed by atoms with E-state index >= 15 is 0 Å². The number of aryl methyl sites for hydroxylation is 1. The van der Waals surface area contributed by atoms with Crippen LogP contribution in [0.15, 0.2) is 36.4 Å². The van der Waals surface area contributed by atoms with Gasteiger partial charge in [-0.15, -0.1) is 0 Å². The molecule has 0 aliphatic rings. The van der Waals surface area contributed by atoms with Crippen molar-refractivity contribution in [2.24, 2.45) is 0 Å². The van der Waals surface area contributed by atoms with Crippen LogP contribution in [0.25, 0.3) is 11.1 Å². The van der Waals surface area contributed by atoms with E-state index in [2.05, 4.69) is 12.2 Å². The summed E-state index contributed by atoms with van der Waals surface area (Å²) >= 11 is 0. The van der Waals surface area contributed by atoms with Gasteiger partial charge in [0, 0.05) is 17.2 Å². The first-order valence-electron chi connectivity index (χ1n) is 7.32. The molecule has 2 rings (SSSR count). The molecule has 0 aromatic heterocycles. The summed E-state index contributed by atoms with van der Waals surface area (Å²) in [5.74, 6) is -0.795. The molecule has 0 aliphatic carbocycles. The Kier molecular flexibility index (Phi) is 5.07. The smallest absolute Gasteiger partial charge is 0.131 e. The fourth-order valence-corrected chi connectivity index (χ4v) is 2.34. The van der Waals surface area contributed by atoms with Crippen LogP contribution in [0.1, 0.15) is 37.4 Å². The van der Waals surface area contributed by atoms with Crippen LogP contribution in [0.2, 0.25) is 0 Å². The lowest BCUT2D eigenvalue weighted by Crippen LogP contribution is -2.19. The van der Waals surface area contributed by atoms with Crippen LogP contribution in [-0.2, 0) is 0 Å². The summed E-state index contributed by atoms with van der Waals surface area (Å²) in [7, 11) is 0. The van der Waals surface area contributed by atoms with Crippen LogP contribution in [0, 0.1) is 18.6 Å². The van der Waals surface area contributed by atoms with Crippen molar-refractivity contribution < 1.29 is 8.78 Å². The Morgan fingerprint density at radius 3 is 2.29 bits per heavy atom. The Morgan fingerprint density at radius 2 is 1.62 bits per heavy atom. The van der Waals surface area contributed by atoms with Crippen LogP contribution < -0.4 is 5.32 Å². The highest BCUT2D eigenvalue weighted by Crippen LogP contribution is 2.29. The molecule has 0 heterocycles. The van der Waals surface area contributed by atoms with Crippen LogP contribution in [-0.4, -0.2) is 6.54 Å². The van der Waals surface area contributed by atoms with Gasteiger partial charge in [0.15, 0.2) is 0 Å². The van der Waals surface area contributed by atoms with Gasteiger partial charge in [-0.2, -0.15) is 0 Å². The van der Waals surface area contributed by atoms with Gasteiger partial charge in [0.2, 0.25) is 0 Å². The topological polar surface area (TPSA) is 12.0 Å². The van der Waals surface area contributed by atoms with Gasteiger partial charge < -0.3 is 5.32 Å². The minimum absolute atomic E-state index is 0.108. The summed E-state index contributed by atoms with van der Waals surface area (Å²) in [4.78, 5) is 0. The molecule has 0 amide bonds. The largest absolute Gasteiger partial charge is 0.310 e. The van der Waals surface area contributed by atoms with Crippen molar-refractivity contribution in [2.45, 2.75) is 33.2 Å². The van der Waals surface area contributed by atoms with Gasteiger partial charge in [-0.3, -0.25) is 0 Å². The molecule has 0 radical (unpaired) electrons. The Morgan fingerprint density at radius 1 is 1.00 bits per heavy atom. The molecule has 1 N–H and O–H groups in total. The molecule has 0 saturated heterocycles. The molecule has 1 unspecified atom stereocenters. The fourth-order valence-electron chi connectivity index (χ4n) is 2.34. The molecule has 0 saturated carbocycles. The first kappa shape index (κ1) is 15.6. The molecule has 0 bridgehead atoms. The standard InChI is InChI=1S/C18H21F2N/c1-4-9-21-13(3)14-6-8-18(20)16(11-14)15-10-12(2)5-7-17(15)19/h5-8,10-11,13,21H,4,9H2,1-3H3. The first-order chi connectivity index (χ1) is 10.0. The van der Waals surface area contributed by atoms with E-state index in [0.29, 0.717) is 11.1 Å². The molecule has 1 nitrogen and oxygen atoms in total. The monoisotopic (exact) mass is 289 g/mol. The van der Waals surface area contributed by atoms with E-state index in [4.69, 9.17) is 0 Å². The highest BCUT2D eigenvalue weighted by molar-refractivity contribution is 5.66. The maximum atomic E-state index is 14.1. The summed E-state index contributed by atoms with van der Waals surface area (Å²) in [5, 5.41) is 3.36. The van der Waals surface area contributed by atoms with Crippen molar-refractivity contribution in [3.63, 3.8) is 0 Å². The minimum atomic E-state index is -0.397. The first-order valence-corrected chi connectivity index (χ1v) is 7.32. The average Bonchev–Trinajstić information content (AvgIpc) is 2.48. The van der Waals surface area contributed by atoms with E-state index in [0.717, 1.165) is 24.1 Å². The highest BCUT2D eigenvalue weighted by Gasteiger charge is 2.13. The SMILES string of the molecule is CCCNC(C)c1ccc(F)c(-c2cc(C)ccc2F)c1. The second-order valence-electron chi connectivity index (χ2n) is 5.40. The summed E-state index contributed by atoms with van der Waals surface area (Å²) < 4.78 is 28.1. The van der Waals surface area contributed by atoms with Crippen molar-refractivity contribution in [3.05, 3.63) is 59.2 Å². The van der Waals surface area contributed by atoms with E-state index in [1.807, 2.05) is 13.8 Å². The molecule has 112 valence electrons. The Hall–Kier alpha value is -1.74.